The van der Waals surface area contributed by atoms with E-state index in [0.29, 0.717) is 0 Å². The molecule has 0 saturated heterocycles. The molecule has 0 bridgehead atoms. The maximum atomic E-state index is 2.28. The Balaban J connectivity index is -0.000000213. The fourth-order valence-corrected chi connectivity index (χ4v) is 1.79. The summed E-state index contributed by atoms with van der Waals surface area (Å²) >= 11 is 1.58. The van der Waals surface area contributed by atoms with Gasteiger partial charge in [-0.15, -0.1) is 0 Å². The summed E-state index contributed by atoms with van der Waals surface area (Å²) in [5, 5.41) is 0. The van der Waals surface area contributed by atoms with Crippen LogP contribution in [0.15, 0.2) is 20.5 Å². The second kappa shape index (κ2) is 7.86. The minimum absolute atomic E-state index is 0. The third-order valence-corrected chi connectivity index (χ3v) is 2.80. The Kier molecular flexibility index (Phi) is 12.9. The first kappa shape index (κ1) is 18.1. The van der Waals surface area contributed by atoms with Crippen LogP contribution in [0.4, 0.5) is 0 Å². The zero-order chi connectivity index (χ0) is 6.15. The van der Waals surface area contributed by atoms with Gasteiger partial charge in [-0.2, -0.15) is 0 Å². The molecule has 0 saturated carbocycles. The van der Waals surface area contributed by atoms with Gasteiger partial charge in [0.2, 0.25) is 0 Å². The van der Waals surface area contributed by atoms with Crippen LogP contribution in [0.2, 0.25) is 0 Å². The molecule has 11 heavy (non-hydrogen) atoms. The molecule has 0 aromatic carbocycles. The molecular weight excluding hydrogens is 282 g/mol. The van der Waals surface area contributed by atoms with E-state index in [1.165, 1.54) is 17.6 Å². The molecule has 0 unspecified atom stereocenters. The number of halogens is 3. The molecular formula is C7H9Cl3Zr. The zero-order valence-corrected chi connectivity index (χ0v) is 11.1. The van der Waals surface area contributed by atoms with E-state index in [-0.39, 0.29) is 37.2 Å². The van der Waals surface area contributed by atoms with Crippen molar-refractivity contribution in [3.63, 3.8) is 0 Å². The molecule has 0 atom stereocenters. The van der Waals surface area contributed by atoms with Crippen LogP contribution in [-0.2, 0) is 24.7 Å². The maximum absolute atomic E-state index is 2.28. The van der Waals surface area contributed by atoms with Crippen LogP contribution in [0, 0.1) is 0 Å². The van der Waals surface area contributed by atoms with E-state index in [1.54, 1.807) is 28.0 Å². The van der Waals surface area contributed by atoms with Gasteiger partial charge in [-0.25, -0.2) is 0 Å². The fourth-order valence-electron chi connectivity index (χ4n) is 0.926. The molecule has 0 nitrogen and oxygen atoms in total. The smallest absolute Gasteiger partial charge is 1.00 e. The first-order chi connectivity index (χ1) is 3.70. The van der Waals surface area contributed by atoms with Crippen LogP contribution in [0.5, 0.6) is 0 Å². The molecule has 1 aliphatic rings. The monoisotopic (exact) mass is 288 g/mol. The molecule has 1 aliphatic carbocycles. The molecule has 0 heterocycles. The zero-order valence-electron chi connectivity index (χ0n) is 6.42. The third kappa shape index (κ3) is 5.47. The van der Waals surface area contributed by atoms with Gasteiger partial charge < -0.3 is 37.2 Å². The minimum atomic E-state index is 0. The van der Waals surface area contributed by atoms with Crippen molar-refractivity contribution in [1.29, 1.82) is 0 Å². The predicted molar refractivity (Wildman–Crippen MR) is 31.1 cm³/mol. The summed E-state index contributed by atoms with van der Waals surface area (Å²) in [7, 11) is 0. The summed E-state index contributed by atoms with van der Waals surface area (Å²) in [5.74, 6) is 0. The van der Waals surface area contributed by atoms with Crippen LogP contribution in [0.3, 0.4) is 0 Å². The minimum Gasteiger partial charge on any atom is -1.00 e. The average molecular weight is 291 g/mol. The molecule has 0 aromatic rings. The number of hydrogen-bond donors (Lipinski definition) is 0. The van der Waals surface area contributed by atoms with Gasteiger partial charge in [0.25, 0.3) is 0 Å². The van der Waals surface area contributed by atoms with Crippen molar-refractivity contribution in [2.75, 3.05) is 0 Å². The van der Waals surface area contributed by atoms with E-state index in [9.17, 15) is 0 Å². The van der Waals surface area contributed by atoms with Crippen LogP contribution in [-0.4, -0.2) is 0 Å². The summed E-state index contributed by atoms with van der Waals surface area (Å²) in [6, 6.07) is 0. The molecule has 4 heteroatoms. The topological polar surface area (TPSA) is 0 Å². The SMILES string of the molecule is CC1=CC(C)=[C]([Zr+3])C1.[Cl-].[Cl-].[Cl-]. The Morgan fingerprint density at radius 2 is 1.64 bits per heavy atom. The third-order valence-electron chi connectivity index (χ3n) is 1.39. The van der Waals surface area contributed by atoms with Crippen molar-refractivity contribution in [1.82, 2.24) is 0 Å². The number of hydrogen-bond acceptors (Lipinski definition) is 0. The van der Waals surface area contributed by atoms with Crippen molar-refractivity contribution in [2.24, 2.45) is 0 Å². The van der Waals surface area contributed by atoms with Crippen molar-refractivity contribution in [3.05, 3.63) is 20.5 Å². The van der Waals surface area contributed by atoms with Crippen LogP contribution < -0.4 is 37.2 Å². The van der Waals surface area contributed by atoms with E-state index in [1.807, 2.05) is 0 Å². The Bertz CT molecular complexity index is 173. The molecule has 62 valence electrons. The second-order valence-corrected chi connectivity index (χ2v) is 3.81. The maximum Gasteiger partial charge on any atom is -1.00 e. The van der Waals surface area contributed by atoms with Crippen molar-refractivity contribution >= 4 is 0 Å². The van der Waals surface area contributed by atoms with Gasteiger partial charge in [-0.1, -0.05) is 0 Å². The van der Waals surface area contributed by atoms with Crippen molar-refractivity contribution < 1.29 is 61.9 Å². The van der Waals surface area contributed by atoms with E-state index in [0.717, 1.165) is 0 Å². The van der Waals surface area contributed by atoms with E-state index in [2.05, 4.69) is 19.9 Å². The molecule has 0 amide bonds. The van der Waals surface area contributed by atoms with Gasteiger partial charge in [0.05, 0.1) is 0 Å². The van der Waals surface area contributed by atoms with Gasteiger partial charge in [0, 0.05) is 0 Å². The van der Waals surface area contributed by atoms with E-state index >= 15 is 0 Å². The van der Waals surface area contributed by atoms with Crippen molar-refractivity contribution in [2.45, 2.75) is 20.3 Å². The van der Waals surface area contributed by atoms with Gasteiger partial charge in [-0.05, 0) is 0 Å². The van der Waals surface area contributed by atoms with Crippen LogP contribution in [0.25, 0.3) is 0 Å². The standard InChI is InChI=1S/C7H9.3ClH.Zr/c1-6-3-4-7(2)5-6;;;;/h5H,3H2,1-2H3;3*1H;/q;;;;+3/p-3. The van der Waals surface area contributed by atoms with Crippen LogP contribution in [0.1, 0.15) is 20.3 Å². The van der Waals surface area contributed by atoms with Gasteiger partial charge >= 0.3 is 65.5 Å². The van der Waals surface area contributed by atoms with Crippen LogP contribution >= 0.6 is 0 Å². The normalized spacial score (nSPS) is 14.4. The Morgan fingerprint density at radius 3 is 1.73 bits per heavy atom. The van der Waals surface area contributed by atoms with Crippen molar-refractivity contribution in [3.8, 4) is 0 Å². The Labute approximate surface area is 102 Å². The number of allylic oxidation sites excluding steroid dienone is 4. The Hall–Kier alpha value is 1.23. The molecule has 0 spiro atoms. The summed E-state index contributed by atoms with van der Waals surface area (Å²) < 4.78 is 1.62. The number of rotatable bonds is 0. The molecule has 0 fully saturated rings. The molecule has 0 aliphatic heterocycles. The first-order valence-electron chi connectivity index (χ1n) is 2.78. The molecule has 0 N–H and O–H groups in total. The molecule has 0 aromatic heterocycles. The molecule has 1 rings (SSSR count). The second-order valence-electron chi connectivity index (χ2n) is 2.33. The summed E-state index contributed by atoms with van der Waals surface area (Å²) in [6.07, 6.45) is 3.52. The quantitative estimate of drug-likeness (QED) is 0.416. The van der Waals surface area contributed by atoms with Gasteiger partial charge in [0.15, 0.2) is 0 Å². The van der Waals surface area contributed by atoms with E-state index < -0.39 is 0 Å². The fraction of sp³-hybridized carbons (Fsp3) is 0.429. The molecule has 0 radical (unpaired) electrons. The van der Waals surface area contributed by atoms with Gasteiger partial charge in [-0.3, -0.25) is 0 Å². The summed E-state index contributed by atoms with van der Waals surface area (Å²) in [4.78, 5) is 0. The van der Waals surface area contributed by atoms with Gasteiger partial charge in [0.1, 0.15) is 0 Å². The average Bonchev–Trinajstić information content (AvgIpc) is 1.85. The van der Waals surface area contributed by atoms with E-state index in [4.69, 9.17) is 0 Å². The first-order valence-corrected chi connectivity index (χ1v) is 4.01. The summed E-state index contributed by atoms with van der Waals surface area (Å²) in [6.45, 7) is 4.39. The predicted octanol–water partition coefficient (Wildman–Crippen LogP) is -6.83. The Morgan fingerprint density at radius 1 is 1.18 bits per heavy atom. The summed E-state index contributed by atoms with van der Waals surface area (Å²) in [5.41, 5.74) is 3.02. The largest absolute Gasteiger partial charge is 1.00 e.